The van der Waals surface area contributed by atoms with Crippen LogP contribution in [0.1, 0.15) is 41.0 Å². The maximum Gasteiger partial charge on any atom is 0.309 e. The highest BCUT2D eigenvalue weighted by Crippen LogP contribution is 2.39. The van der Waals surface area contributed by atoms with Gasteiger partial charge in [0.15, 0.2) is 0 Å². The molecule has 0 aliphatic carbocycles. The number of hydrogen-bond donors (Lipinski definition) is 0. The molecule has 2 atom stereocenters. The van der Waals surface area contributed by atoms with Gasteiger partial charge in [-0.05, 0) is 41.2 Å². The van der Waals surface area contributed by atoms with Crippen LogP contribution in [-0.4, -0.2) is 48.8 Å². The number of hydrogen-bond acceptors (Lipinski definition) is 4. The third kappa shape index (κ3) is 3.45. The Balaban J connectivity index is 2.67. The van der Waals surface area contributed by atoms with Gasteiger partial charge in [0.25, 0.3) is 0 Å². The van der Waals surface area contributed by atoms with Crippen molar-refractivity contribution in [3.05, 3.63) is 0 Å². The molecular weight excluding hydrogens is 230 g/mol. The Bertz CT molecular complexity index is 312. The van der Waals surface area contributed by atoms with Crippen molar-refractivity contribution in [2.75, 3.05) is 20.7 Å². The predicted octanol–water partition coefficient (Wildman–Crippen LogP) is 2.07. The predicted molar refractivity (Wildman–Crippen MR) is 71.5 cm³/mol. The molecule has 0 N–H and O–H groups in total. The number of rotatable bonds is 4. The van der Waals surface area contributed by atoms with E-state index in [0.29, 0.717) is 12.6 Å². The van der Waals surface area contributed by atoms with Crippen molar-refractivity contribution in [2.24, 2.45) is 5.92 Å². The summed E-state index contributed by atoms with van der Waals surface area (Å²) < 4.78 is 10.9. The van der Waals surface area contributed by atoms with Gasteiger partial charge >= 0.3 is 5.97 Å². The molecule has 1 aliphatic rings. The third-order valence-corrected chi connectivity index (χ3v) is 3.72. The smallest absolute Gasteiger partial charge is 0.309 e. The maximum atomic E-state index is 11.5. The second-order valence-electron chi connectivity index (χ2n) is 6.55. The maximum absolute atomic E-state index is 11.5. The van der Waals surface area contributed by atoms with E-state index in [4.69, 9.17) is 9.47 Å². The molecule has 1 rings (SSSR count). The van der Waals surface area contributed by atoms with E-state index in [-0.39, 0.29) is 23.1 Å². The Labute approximate surface area is 111 Å². The lowest BCUT2D eigenvalue weighted by atomic mass is 9.92. The van der Waals surface area contributed by atoms with Crippen molar-refractivity contribution in [1.82, 2.24) is 4.90 Å². The van der Waals surface area contributed by atoms with Crippen molar-refractivity contribution in [3.63, 3.8) is 0 Å². The Kier molecular flexibility index (Phi) is 4.44. The van der Waals surface area contributed by atoms with Crippen LogP contribution in [0.25, 0.3) is 0 Å². The van der Waals surface area contributed by atoms with E-state index in [1.54, 1.807) is 0 Å². The number of carbonyl (C=O) groups is 1. The molecule has 1 heterocycles. The van der Waals surface area contributed by atoms with Gasteiger partial charge in [-0.2, -0.15) is 0 Å². The lowest BCUT2D eigenvalue weighted by Crippen LogP contribution is -2.46. The minimum absolute atomic E-state index is 0.100. The van der Waals surface area contributed by atoms with Crippen LogP contribution in [0.5, 0.6) is 0 Å². The average molecular weight is 257 g/mol. The number of likely N-dealkylation sites (N-methyl/N-ethyl adjacent to an activating group) is 1. The van der Waals surface area contributed by atoms with Crippen molar-refractivity contribution in [1.29, 1.82) is 0 Å². The van der Waals surface area contributed by atoms with E-state index >= 15 is 0 Å². The molecule has 4 nitrogen and oxygen atoms in total. The third-order valence-electron chi connectivity index (χ3n) is 3.72. The number of nitrogens with zero attached hydrogens (tertiary/aromatic N) is 1. The van der Waals surface area contributed by atoms with Gasteiger partial charge in [-0.1, -0.05) is 6.92 Å². The van der Waals surface area contributed by atoms with Crippen LogP contribution < -0.4 is 0 Å². The van der Waals surface area contributed by atoms with Crippen molar-refractivity contribution in [2.45, 2.75) is 58.3 Å². The van der Waals surface area contributed by atoms with Gasteiger partial charge in [-0.3, -0.25) is 9.69 Å². The summed E-state index contributed by atoms with van der Waals surface area (Å²) in [5.74, 6) is -0.266. The zero-order chi connectivity index (χ0) is 14.1. The Morgan fingerprint density at radius 3 is 2.39 bits per heavy atom. The van der Waals surface area contributed by atoms with Crippen LogP contribution in [0.2, 0.25) is 0 Å². The van der Waals surface area contributed by atoms with E-state index < -0.39 is 0 Å². The molecular formula is C14H27NO3. The molecule has 0 spiro atoms. The van der Waals surface area contributed by atoms with E-state index in [1.165, 1.54) is 7.11 Å². The summed E-state index contributed by atoms with van der Waals surface area (Å²) >= 11 is 0. The molecule has 0 aromatic heterocycles. The van der Waals surface area contributed by atoms with Crippen LogP contribution in [0.4, 0.5) is 0 Å². The van der Waals surface area contributed by atoms with E-state index in [0.717, 1.165) is 6.42 Å². The Morgan fingerprint density at radius 1 is 1.44 bits per heavy atom. The highest BCUT2D eigenvalue weighted by Gasteiger charge is 2.47. The molecule has 106 valence electrons. The molecule has 0 aromatic rings. The van der Waals surface area contributed by atoms with Crippen molar-refractivity contribution >= 4 is 5.97 Å². The fourth-order valence-electron chi connectivity index (χ4n) is 3.05. The molecule has 1 fully saturated rings. The molecule has 0 bridgehead atoms. The highest BCUT2D eigenvalue weighted by molar-refractivity contribution is 5.72. The topological polar surface area (TPSA) is 38.8 Å². The first kappa shape index (κ1) is 15.4. The fraction of sp³-hybridized carbons (Fsp3) is 0.929. The lowest BCUT2D eigenvalue weighted by molar-refractivity contribution is -0.146. The summed E-state index contributed by atoms with van der Waals surface area (Å²) in [4.78, 5) is 13.7. The minimum atomic E-state index is -0.186. The first-order valence-corrected chi connectivity index (χ1v) is 6.57. The minimum Gasteiger partial charge on any atom is -0.469 e. The molecule has 4 heteroatoms. The number of carbonyl (C=O) groups excluding carboxylic acids is 1. The zero-order valence-corrected chi connectivity index (χ0v) is 12.7. The van der Waals surface area contributed by atoms with Gasteiger partial charge < -0.3 is 9.47 Å². The zero-order valence-electron chi connectivity index (χ0n) is 12.7. The summed E-state index contributed by atoms with van der Waals surface area (Å²) in [6.07, 6.45) is 0.977. The molecule has 0 aromatic carbocycles. The molecule has 2 unspecified atom stereocenters. The summed E-state index contributed by atoms with van der Waals surface area (Å²) in [6.45, 7) is 11.1. The van der Waals surface area contributed by atoms with Crippen LogP contribution in [0, 0.1) is 5.92 Å². The number of esters is 1. The van der Waals surface area contributed by atoms with Crippen molar-refractivity contribution < 1.29 is 14.3 Å². The normalized spacial score (nSPS) is 27.2. The summed E-state index contributed by atoms with van der Waals surface area (Å²) in [7, 11) is 3.49. The SMILES string of the molecule is COC(=O)C(C)CN(C)C1CC(C)(C)OC1(C)C. The highest BCUT2D eigenvalue weighted by atomic mass is 16.5. The summed E-state index contributed by atoms with van der Waals surface area (Å²) in [6, 6.07) is 0.319. The second kappa shape index (κ2) is 5.17. The van der Waals surface area contributed by atoms with Crippen molar-refractivity contribution in [3.8, 4) is 0 Å². The molecule has 0 amide bonds. The second-order valence-corrected chi connectivity index (χ2v) is 6.55. The van der Waals surface area contributed by atoms with Crippen LogP contribution >= 0.6 is 0 Å². The number of methoxy groups -OCH3 is 1. The fourth-order valence-corrected chi connectivity index (χ4v) is 3.05. The van der Waals surface area contributed by atoms with Gasteiger partial charge in [0.05, 0.1) is 24.2 Å². The Hall–Kier alpha value is -0.610. The molecule has 1 saturated heterocycles. The molecule has 0 radical (unpaired) electrons. The van der Waals surface area contributed by atoms with Gasteiger partial charge in [0.1, 0.15) is 0 Å². The summed E-state index contributed by atoms with van der Waals surface area (Å²) in [5.41, 5.74) is -0.287. The van der Waals surface area contributed by atoms with E-state index in [2.05, 4.69) is 39.6 Å². The lowest BCUT2D eigenvalue weighted by Gasteiger charge is -2.34. The first-order chi connectivity index (χ1) is 8.09. The van der Waals surface area contributed by atoms with E-state index in [1.807, 2.05) is 6.92 Å². The molecule has 18 heavy (non-hydrogen) atoms. The van der Waals surface area contributed by atoms with Crippen LogP contribution in [0.3, 0.4) is 0 Å². The molecule has 1 aliphatic heterocycles. The van der Waals surface area contributed by atoms with Gasteiger partial charge in [0, 0.05) is 12.6 Å². The van der Waals surface area contributed by atoms with Gasteiger partial charge in [0.2, 0.25) is 0 Å². The largest absolute Gasteiger partial charge is 0.469 e. The standard InChI is InChI=1S/C14H27NO3/c1-10(12(16)17-7)9-15(6)11-8-13(2,3)18-14(11,4)5/h10-11H,8-9H2,1-7H3. The molecule has 0 saturated carbocycles. The van der Waals surface area contributed by atoms with Gasteiger partial charge in [-0.15, -0.1) is 0 Å². The van der Waals surface area contributed by atoms with E-state index in [9.17, 15) is 4.79 Å². The average Bonchev–Trinajstić information content (AvgIpc) is 2.45. The van der Waals surface area contributed by atoms with Crippen LogP contribution in [0.15, 0.2) is 0 Å². The Morgan fingerprint density at radius 2 is 2.00 bits per heavy atom. The monoisotopic (exact) mass is 257 g/mol. The first-order valence-electron chi connectivity index (χ1n) is 6.57. The summed E-state index contributed by atoms with van der Waals surface area (Å²) in [5, 5.41) is 0. The quantitative estimate of drug-likeness (QED) is 0.723. The number of ether oxygens (including phenoxy) is 2. The van der Waals surface area contributed by atoms with Gasteiger partial charge in [-0.25, -0.2) is 0 Å². The van der Waals surface area contributed by atoms with Crippen LogP contribution in [-0.2, 0) is 14.3 Å².